The van der Waals surface area contributed by atoms with Crippen LogP contribution >= 0.6 is 12.4 Å². The number of nitrogens with one attached hydrogen (secondary N) is 1. The normalized spacial score (nSPS) is 21.1. The number of hydrogen-bond donors (Lipinski definition) is 2. The summed E-state index contributed by atoms with van der Waals surface area (Å²) in [6, 6.07) is 5.00. The van der Waals surface area contributed by atoms with Gasteiger partial charge in [-0.05, 0) is 56.7 Å². The van der Waals surface area contributed by atoms with E-state index >= 15 is 0 Å². The quantitative estimate of drug-likeness (QED) is 0.772. The van der Waals surface area contributed by atoms with Gasteiger partial charge in [0, 0.05) is 30.7 Å². The Kier molecular flexibility index (Phi) is 7.68. The molecule has 1 unspecified atom stereocenters. The first-order valence-corrected chi connectivity index (χ1v) is 11.0. The van der Waals surface area contributed by atoms with E-state index in [1.807, 2.05) is 0 Å². The van der Waals surface area contributed by atoms with Gasteiger partial charge in [0.1, 0.15) is 0 Å². The van der Waals surface area contributed by atoms with Gasteiger partial charge in [-0.25, -0.2) is 13.1 Å². The molecule has 152 valence electrons. The smallest absolute Gasteiger partial charge is 0.254 e. The molecule has 1 heterocycles. The van der Waals surface area contributed by atoms with E-state index in [1.165, 1.54) is 6.07 Å². The first-order chi connectivity index (χ1) is 12.4. The van der Waals surface area contributed by atoms with Crippen molar-refractivity contribution in [1.82, 2.24) is 9.62 Å². The lowest BCUT2D eigenvalue weighted by Crippen LogP contribution is -2.47. The topological polar surface area (TPSA) is 92.5 Å². The van der Waals surface area contributed by atoms with Gasteiger partial charge in [0.2, 0.25) is 10.0 Å². The van der Waals surface area contributed by atoms with Gasteiger partial charge in [-0.3, -0.25) is 4.79 Å². The number of halogens is 1. The van der Waals surface area contributed by atoms with Crippen molar-refractivity contribution in [2.45, 2.75) is 68.8 Å². The maximum atomic E-state index is 13.0. The Labute approximate surface area is 168 Å². The van der Waals surface area contributed by atoms with E-state index in [4.69, 9.17) is 5.73 Å². The third-order valence-corrected chi connectivity index (χ3v) is 7.22. The summed E-state index contributed by atoms with van der Waals surface area (Å²) in [5.41, 5.74) is 6.90. The molecular weight excluding hydrogens is 386 g/mol. The van der Waals surface area contributed by atoms with Crippen molar-refractivity contribution in [3.05, 3.63) is 29.3 Å². The number of benzene rings is 1. The lowest BCUT2D eigenvalue weighted by Gasteiger charge is -2.35. The molecule has 0 spiro atoms. The van der Waals surface area contributed by atoms with Crippen LogP contribution in [0.1, 0.15) is 60.9 Å². The van der Waals surface area contributed by atoms with Crippen LogP contribution in [-0.4, -0.2) is 44.4 Å². The van der Waals surface area contributed by atoms with Crippen LogP contribution in [0.4, 0.5) is 0 Å². The number of amides is 1. The van der Waals surface area contributed by atoms with E-state index in [0.717, 1.165) is 44.9 Å². The monoisotopic (exact) mass is 415 g/mol. The molecule has 1 amide bonds. The summed E-state index contributed by atoms with van der Waals surface area (Å²) in [6.45, 7) is 2.88. The molecule has 3 rings (SSSR count). The second kappa shape index (κ2) is 9.37. The lowest BCUT2D eigenvalue weighted by atomic mass is 10.0. The first-order valence-electron chi connectivity index (χ1n) is 9.56. The highest BCUT2D eigenvalue weighted by Crippen LogP contribution is 2.24. The van der Waals surface area contributed by atoms with Crippen LogP contribution < -0.4 is 10.5 Å². The zero-order chi connectivity index (χ0) is 18.7. The van der Waals surface area contributed by atoms with E-state index in [1.54, 1.807) is 24.0 Å². The number of nitrogens with zero attached hydrogens (tertiary/aromatic N) is 1. The van der Waals surface area contributed by atoms with E-state index in [-0.39, 0.29) is 35.3 Å². The average Bonchev–Trinajstić information content (AvgIpc) is 3.13. The number of sulfonamides is 1. The minimum atomic E-state index is -3.63. The fourth-order valence-electron chi connectivity index (χ4n) is 4.03. The second-order valence-electron chi connectivity index (χ2n) is 7.47. The van der Waals surface area contributed by atoms with Crippen LogP contribution in [0.2, 0.25) is 0 Å². The molecule has 1 aliphatic heterocycles. The number of rotatable bonds is 5. The largest absolute Gasteiger partial charge is 0.334 e. The fourth-order valence-corrected chi connectivity index (χ4v) is 5.60. The van der Waals surface area contributed by atoms with Gasteiger partial charge in [0.05, 0.1) is 4.90 Å². The van der Waals surface area contributed by atoms with Crippen molar-refractivity contribution >= 4 is 28.3 Å². The number of carbonyl (C=O) groups excluding carboxylic acids is 1. The molecule has 1 aromatic carbocycles. The highest BCUT2D eigenvalue weighted by molar-refractivity contribution is 7.89. The van der Waals surface area contributed by atoms with Crippen LogP contribution in [-0.2, 0) is 10.0 Å². The molecule has 3 N–H and O–H groups in total. The van der Waals surface area contributed by atoms with Gasteiger partial charge in [-0.1, -0.05) is 18.9 Å². The Morgan fingerprint density at radius 2 is 1.85 bits per heavy atom. The minimum absolute atomic E-state index is 0. The second-order valence-corrected chi connectivity index (χ2v) is 9.15. The standard InChI is InChI=1S/C19H29N3O3S.ClH/c1-14-9-10-15(19(23)22-11-5-4-8-17(22)13-20)12-18(14)26(24,25)21-16-6-2-3-7-16;/h9-10,12,16-17,21H,2-8,11,13,20H2,1H3;1H. The van der Waals surface area contributed by atoms with Gasteiger partial charge in [0.15, 0.2) is 0 Å². The average molecular weight is 416 g/mol. The molecular formula is C19H30ClN3O3S. The number of likely N-dealkylation sites (tertiary alicyclic amines) is 1. The Balaban J connectivity index is 0.00000261. The van der Waals surface area contributed by atoms with E-state index in [0.29, 0.717) is 24.2 Å². The van der Waals surface area contributed by atoms with Crippen LogP contribution in [0.15, 0.2) is 23.1 Å². The minimum Gasteiger partial charge on any atom is -0.334 e. The Morgan fingerprint density at radius 1 is 1.19 bits per heavy atom. The predicted molar refractivity (Wildman–Crippen MR) is 109 cm³/mol. The van der Waals surface area contributed by atoms with Crippen molar-refractivity contribution in [3.8, 4) is 0 Å². The zero-order valence-electron chi connectivity index (χ0n) is 15.8. The highest BCUT2D eigenvalue weighted by Gasteiger charge is 2.29. The number of piperidine rings is 1. The summed E-state index contributed by atoms with van der Waals surface area (Å²) in [6.07, 6.45) is 6.81. The van der Waals surface area contributed by atoms with Crippen molar-refractivity contribution in [3.63, 3.8) is 0 Å². The molecule has 1 saturated carbocycles. The number of aryl methyl sites for hydroxylation is 1. The van der Waals surface area contributed by atoms with Crippen molar-refractivity contribution in [2.24, 2.45) is 5.73 Å². The van der Waals surface area contributed by atoms with Crippen LogP contribution in [0.25, 0.3) is 0 Å². The predicted octanol–water partition coefficient (Wildman–Crippen LogP) is 2.59. The molecule has 8 heteroatoms. The van der Waals surface area contributed by atoms with Crippen molar-refractivity contribution in [1.29, 1.82) is 0 Å². The van der Waals surface area contributed by atoms with Crippen molar-refractivity contribution < 1.29 is 13.2 Å². The molecule has 0 aromatic heterocycles. The van der Waals surface area contributed by atoms with Gasteiger partial charge < -0.3 is 10.6 Å². The van der Waals surface area contributed by atoms with Gasteiger partial charge in [0.25, 0.3) is 5.91 Å². The third-order valence-electron chi connectivity index (χ3n) is 5.56. The molecule has 2 fully saturated rings. The summed E-state index contributed by atoms with van der Waals surface area (Å²) in [5, 5.41) is 0. The number of carbonyl (C=O) groups is 1. The van der Waals surface area contributed by atoms with Gasteiger partial charge in [-0.15, -0.1) is 12.4 Å². The number of nitrogens with two attached hydrogens (primary N) is 1. The molecule has 27 heavy (non-hydrogen) atoms. The highest BCUT2D eigenvalue weighted by atomic mass is 35.5. The summed E-state index contributed by atoms with van der Waals surface area (Å²) < 4.78 is 28.5. The molecule has 2 aliphatic rings. The Hall–Kier alpha value is -1.15. The van der Waals surface area contributed by atoms with Crippen LogP contribution in [0.3, 0.4) is 0 Å². The molecule has 0 radical (unpaired) electrons. The maximum absolute atomic E-state index is 13.0. The molecule has 1 aromatic rings. The third kappa shape index (κ3) is 5.02. The zero-order valence-corrected chi connectivity index (χ0v) is 17.4. The van der Waals surface area contributed by atoms with Gasteiger partial charge >= 0.3 is 0 Å². The summed E-state index contributed by atoms with van der Waals surface area (Å²) in [5.74, 6) is -0.127. The summed E-state index contributed by atoms with van der Waals surface area (Å²) in [4.78, 5) is 15.0. The molecule has 6 nitrogen and oxygen atoms in total. The first kappa shape index (κ1) is 22.1. The van der Waals surface area contributed by atoms with E-state index in [9.17, 15) is 13.2 Å². The Bertz CT molecular complexity index is 763. The summed E-state index contributed by atoms with van der Waals surface area (Å²) >= 11 is 0. The fraction of sp³-hybridized carbons (Fsp3) is 0.632. The summed E-state index contributed by atoms with van der Waals surface area (Å²) in [7, 11) is -3.63. The van der Waals surface area contributed by atoms with Crippen molar-refractivity contribution in [2.75, 3.05) is 13.1 Å². The lowest BCUT2D eigenvalue weighted by molar-refractivity contribution is 0.0623. The SMILES string of the molecule is Cc1ccc(C(=O)N2CCCCC2CN)cc1S(=O)(=O)NC1CCCC1.Cl. The Morgan fingerprint density at radius 3 is 2.52 bits per heavy atom. The maximum Gasteiger partial charge on any atom is 0.254 e. The van der Waals surface area contributed by atoms with Crippen LogP contribution in [0, 0.1) is 6.92 Å². The number of hydrogen-bond acceptors (Lipinski definition) is 4. The van der Waals surface area contributed by atoms with E-state index < -0.39 is 10.0 Å². The van der Waals surface area contributed by atoms with Crippen LogP contribution in [0.5, 0.6) is 0 Å². The molecule has 1 atom stereocenters. The molecule has 0 bridgehead atoms. The van der Waals surface area contributed by atoms with E-state index in [2.05, 4.69) is 4.72 Å². The molecule has 1 aliphatic carbocycles. The molecule has 1 saturated heterocycles. The van der Waals surface area contributed by atoms with Gasteiger partial charge in [-0.2, -0.15) is 0 Å².